The van der Waals surface area contributed by atoms with Gasteiger partial charge < -0.3 is 0 Å². The standard InChI is InChI=1S/C20H20FN5/c1-11(2)8-18-22-20(26-24-18)14-6-7-17-15(9-14)19(25-23-17)13-5-4-12(3)16(21)10-13/h4-7,9-11H,8H2,1-3H3,(H,23,25)(H,22,24,26). The van der Waals surface area contributed by atoms with E-state index in [4.69, 9.17) is 0 Å². The van der Waals surface area contributed by atoms with Crippen molar-refractivity contribution in [1.29, 1.82) is 0 Å². The summed E-state index contributed by atoms with van der Waals surface area (Å²) >= 11 is 0. The Bertz CT molecular complexity index is 1080. The van der Waals surface area contributed by atoms with Crippen LogP contribution >= 0.6 is 0 Å². The van der Waals surface area contributed by atoms with Crippen LogP contribution in [0.3, 0.4) is 0 Å². The van der Waals surface area contributed by atoms with Crippen molar-refractivity contribution in [2.45, 2.75) is 27.2 Å². The van der Waals surface area contributed by atoms with Crippen molar-refractivity contribution in [1.82, 2.24) is 25.4 Å². The smallest absolute Gasteiger partial charge is 0.181 e. The molecule has 132 valence electrons. The van der Waals surface area contributed by atoms with Crippen LogP contribution in [0, 0.1) is 18.7 Å². The third kappa shape index (κ3) is 2.98. The number of hydrogen-bond acceptors (Lipinski definition) is 3. The van der Waals surface area contributed by atoms with Gasteiger partial charge in [0.25, 0.3) is 0 Å². The molecule has 0 aliphatic heterocycles. The zero-order chi connectivity index (χ0) is 18.3. The molecule has 0 fully saturated rings. The number of nitrogens with one attached hydrogen (secondary N) is 2. The predicted octanol–water partition coefficient (Wildman–Crippen LogP) is 4.66. The van der Waals surface area contributed by atoms with Gasteiger partial charge in [-0.15, -0.1) is 0 Å². The first-order valence-electron chi connectivity index (χ1n) is 8.67. The second kappa shape index (κ2) is 6.37. The molecule has 6 heteroatoms. The number of hydrogen-bond donors (Lipinski definition) is 2. The number of fused-ring (bicyclic) bond motifs is 1. The van der Waals surface area contributed by atoms with E-state index in [1.165, 1.54) is 6.07 Å². The van der Waals surface area contributed by atoms with E-state index in [0.717, 1.165) is 40.0 Å². The van der Waals surface area contributed by atoms with Gasteiger partial charge in [-0.25, -0.2) is 9.37 Å². The fourth-order valence-electron chi connectivity index (χ4n) is 3.02. The minimum Gasteiger partial charge on any atom is -0.277 e. The number of halogens is 1. The van der Waals surface area contributed by atoms with Crippen molar-refractivity contribution in [2.24, 2.45) is 5.92 Å². The Balaban J connectivity index is 1.77. The molecule has 0 aliphatic carbocycles. The molecule has 5 nitrogen and oxygen atoms in total. The molecule has 0 aliphatic rings. The van der Waals surface area contributed by atoms with Crippen LogP contribution in [0.5, 0.6) is 0 Å². The lowest BCUT2D eigenvalue weighted by Crippen LogP contribution is -1.95. The van der Waals surface area contributed by atoms with E-state index >= 15 is 0 Å². The third-order valence-electron chi connectivity index (χ3n) is 4.40. The summed E-state index contributed by atoms with van der Waals surface area (Å²) in [4.78, 5) is 4.58. The van der Waals surface area contributed by atoms with Gasteiger partial charge in [0.1, 0.15) is 17.3 Å². The SMILES string of the molecule is Cc1ccc(-c2n[nH]c3ccc(-c4n[nH]c(CC(C)C)n4)cc23)cc1F. The monoisotopic (exact) mass is 349 g/mol. The highest BCUT2D eigenvalue weighted by Gasteiger charge is 2.13. The topological polar surface area (TPSA) is 70.2 Å². The number of nitrogens with zero attached hydrogens (tertiary/aromatic N) is 3. The largest absolute Gasteiger partial charge is 0.277 e. The van der Waals surface area contributed by atoms with Crippen LogP contribution in [0.25, 0.3) is 33.5 Å². The summed E-state index contributed by atoms with van der Waals surface area (Å²) in [6.45, 7) is 6.04. The molecule has 4 aromatic rings. The Morgan fingerprint density at radius 3 is 2.58 bits per heavy atom. The Labute approximate surface area is 150 Å². The van der Waals surface area contributed by atoms with Gasteiger partial charge in [-0.3, -0.25) is 10.2 Å². The molecule has 0 amide bonds. The molecule has 0 radical (unpaired) electrons. The highest BCUT2D eigenvalue weighted by Crippen LogP contribution is 2.30. The maximum absolute atomic E-state index is 14.0. The lowest BCUT2D eigenvalue weighted by atomic mass is 10.0. The van der Waals surface area contributed by atoms with E-state index in [2.05, 4.69) is 39.2 Å². The van der Waals surface area contributed by atoms with E-state index in [-0.39, 0.29) is 5.82 Å². The minimum absolute atomic E-state index is 0.234. The average Bonchev–Trinajstić information content (AvgIpc) is 3.23. The normalized spacial score (nSPS) is 11.6. The molecule has 2 aromatic heterocycles. The summed E-state index contributed by atoms with van der Waals surface area (Å²) in [5.74, 6) is 1.81. The number of aromatic nitrogens is 5. The number of aromatic amines is 2. The van der Waals surface area contributed by atoms with Gasteiger partial charge in [0, 0.05) is 22.9 Å². The summed E-state index contributed by atoms with van der Waals surface area (Å²) in [5.41, 5.74) is 3.88. The van der Waals surface area contributed by atoms with Crippen molar-refractivity contribution in [3.8, 4) is 22.6 Å². The zero-order valence-electron chi connectivity index (χ0n) is 15.0. The van der Waals surface area contributed by atoms with Gasteiger partial charge in [-0.1, -0.05) is 26.0 Å². The van der Waals surface area contributed by atoms with Crippen molar-refractivity contribution < 1.29 is 4.39 Å². The van der Waals surface area contributed by atoms with Crippen LogP contribution < -0.4 is 0 Å². The molecule has 0 saturated heterocycles. The predicted molar refractivity (Wildman–Crippen MR) is 100 cm³/mol. The van der Waals surface area contributed by atoms with Gasteiger partial charge in [0.15, 0.2) is 5.82 Å². The maximum atomic E-state index is 14.0. The summed E-state index contributed by atoms with van der Waals surface area (Å²) in [5, 5.41) is 15.6. The quantitative estimate of drug-likeness (QED) is 0.563. The molecule has 2 N–H and O–H groups in total. The van der Waals surface area contributed by atoms with E-state index in [0.29, 0.717) is 17.3 Å². The summed E-state index contributed by atoms with van der Waals surface area (Å²) < 4.78 is 14.0. The Morgan fingerprint density at radius 1 is 1.00 bits per heavy atom. The Hall–Kier alpha value is -3.02. The molecule has 0 atom stereocenters. The molecule has 2 aromatic carbocycles. The van der Waals surface area contributed by atoms with Gasteiger partial charge in [0.2, 0.25) is 0 Å². The number of benzene rings is 2. The number of H-pyrrole nitrogens is 2. The second-order valence-electron chi connectivity index (χ2n) is 7.00. The molecule has 2 heterocycles. The molecule has 0 unspecified atom stereocenters. The first kappa shape index (κ1) is 16.4. The maximum Gasteiger partial charge on any atom is 0.181 e. The van der Waals surface area contributed by atoms with Crippen molar-refractivity contribution >= 4 is 10.9 Å². The highest BCUT2D eigenvalue weighted by molar-refractivity contribution is 5.95. The van der Waals surface area contributed by atoms with Crippen LogP contribution in [-0.2, 0) is 6.42 Å². The van der Waals surface area contributed by atoms with Crippen molar-refractivity contribution in [3.63, 3.8) is 0 Å². The highest BCUT2D eigenvalue weighted by atomic mass is 19.1. The van der Waals surface area contributed by atoms with Gasteiger partial charge in [-0.05, 0) is 42.7 Å². The van der Waals surface area contributed by atoms with Crippen LogP contribution in [0.2, 0.25) is 0 Å². The first-order valence-corrected chi connectivity index (χ1v) is 8.67. The van der Waals surface area contributed by atoms with Crippen molar-refractivity contribution in [2.75, 3.05) is 0 Å². The molecule has 0 bridgehead atoms. The molecule has 26 heavy (non-hydrogen) atoms. The Morgan fingerprint density at radius 2 is 1.81 bits per heavy atom. The summed E-state index contributed by atoms with van der Waals surface area (Å²) in [6.07, 6.45) is 0.856. The summed E-state index contributed by atoms with van der Waals surface area (Å²) in [7, 11) is 0. The van der Waals surface area contributed by atoms with E-state index in [1.807, 2.05) is 24.3 Å². The molecule has 0 spiro atoms. The first-order chi connectivity index (χ1) is 12.5. The van der Waals surface area contributed by atoms with E-state index < -0.39 is 0 Å². The van der Waals surface area contributed by atoms with Gasteiger partial charge in [-0.2, -0.15) is 10.2 Å². The third-order valence-corrected chi connectivity index (χ3v) is 4.40. The van der Waals surface area contributed by atoms with Crippen LogP contribution in [0.1, 0.15) is 25.2 Å². The fraction of sp³-hybridized carbons (Fsp3) is 0.250. The second-order valence-corrected chi connectivity index (χ2v) is 7.00. The number of rotatable bonds is 4. The molecular weight excluding hydrogens is 329 g/mol. The van der Waals surface area contributed by atoms with Crippen LogP contribution in [0.4, 0.5) is 4.39 Å². The van der Waals surface area contributed by atoms with E-state index in [1.54, 1.807) is 13.0 Å². The fourth-order valence-corrected chi connectivity index (χ4v) is 3.02. The van der Waals surface area contributed by atoms with Crippen LogP contribution in [-0.4, -0.2) is 25.4 Å². The van der Waals surface area contributed by atoms with Crippen LogP contribution in [0.15, 0.2) is 36.4 Å². The summed E-state index contributed by atoms with van der Waals surface area (Å²) in [6, 6.07) is 11.1. The van der Waals surface area contributed by atoms with Crippen molar-refractivity contribution in [3.05, 3.63) is 53.6 Å². The molecule has 4 rings (SSSR count). The minimum atomic E-state index is -0.234. The average molecular weight is 349 g/mol. The lowest BCUT2D eigenvalue weighted by Gasteiger charge is -2.02. The van der Waals surface area contributed by atoms with E-state index in [9.17, 15) is 4.39 Å². The lowest BCUT2D eigenvalue weighted by molar-refractivity contribution is 0.619. The van der Waals surface area contributed by atoms with Gasteiger partial charge in [0.05, 0.1) is 5.52 Å². The van der Waals surface area contributed by atoms with Gasteiger partial charge >= 0.3 is 0 Å². The number of aryl methyl sites for hydroxylation is 1. The Kier molecular flexibility index (Phi) is 4.03. The molecule has 0 saturated carbocycles. The molecular formula is C20H20FN5. The zero-order valence-corrected chi connectivity index (χ0v) is 15.0.